The zero-order valence-electron chi connectivity index (χ0n) is 9.94. The van der Waals surface area contributed by atoms with Crippen LogP contribution in [-0.2, 0) is 11.9 Å². The zero-order chi connectivity index (χ0) is 13.7. The van der Waals surface area contributed by atoms with Crippen LogP contribution in [0.3, 0.4) is 0 Å². The number of aromatic nitrogens is 1. The lowest BCUT2D eigenvalue weighted by atomic mass is 10.1. The van der Waals surface area contributed by atoms with Crippen molar-refractivity contribution in [2.24, 2.45) is 0 Å². The van der Waals surface area contributed by atoms with Gasteiger partial charge in [-0.3, -0.25) is 4.98 Å². The SMILES string of the molecule is N#Cc1ccc(F)c(COc2ccc(CBr)nc2)c1. The van der Waals surface area contributed by atoms with E-state index in [2.05, 4.69) is 20.9 Å². The molecule has 0 unspecified atom stereocenters. The molecule has 19 heavy (non-hydrogen) atoms. The number of rotatable bonds is 4. The molecule has 0 atom stereocenters. The van der Waals surface area contributed by atoms with Crippen LogP contribution < -0.4 is 4.74 Å². The van der Waals surface area contributed by atoms with Crippen molar-refractivity contribution in [1.82, 2.24) is 4.98 Å². The Bertz CT molecular complexity index is 608. The molecule has 0 radical (unpaired) electrons. The topological polar surface area (TPSA) is 45.9 Å². The Labute approximate surface area is 118 Å². The molecule has 0 saturated carbocycles. The first-order valence-corrected chi connectivity index (χ1v) is 6.67. The summed E-state index contributed by atoms with van der Waals surface area (Å²) in [6.45, 7) is 0.0662. The van der Waals surface area contributed by atoms with Crippen LogP contribution in [-0.4, -0.2) is 4.98 Å². The second-order valence-electron chi connectivity index (χ2n) is 3.83. The molecule has 0 amide bonds. The van der Waals surface area contributed by atoms with E-state index in [9.17, 15) is 4.39 Å². The molecule has 0 aliphatic heterocycles. The van der Waals surface area contributed by atoms with Gasteiger partial charge in [0.2, 0.25) is 0 Å². The summed E-state index contributed by atoms with van der Waals surface area (Å²) in [4.78, 5) is 4.15. The predicted molar refractivity (Wildman–Crippen MR) is 72.3 cm³/mol. The van der Waals surface area contributed by atoms with Crippen LogP contribution in [0.5, 0.6) is 5.75 Å². The minimum atomic E-state index is -0.385. The Balaban J connectivity index is 2.07. The number of nitrogens with zero attached hydrogens (tertiary/aromatic N) is 2. The maximum Gasteiger partial charge on any atom is 0.138 e. The van der Waals surface area contributed by atoms with Crippen LogP contribution in [0.25, 0.3) is 0 Å². The van der Waals surface area contributed by atoms with Crippen molar-refractivity contribution in [3.05, 3.63) is 59.2 Å². The quantitative estimate of drug-likeness (QED) is 0.809. The molecule has 0 aliphatic rings. The van der Waals surface area contributed by atoms with Crippen LogP contribution >= 0.6 is 15.9 Å². The average Bonchev–Trinajstić information content (AvgIpc) is 2.47. The molecule has 3 nitrogen and oxygen atoms in total. The summed E-state index contributed by atoms with van der Waals surface area (Å²) in [5.74, 6) is 0.176. The highest BCUT2D eigenvalue weighted by Crippen LogP contribution is 2.15. The normalized spacial score (nSPS) is 9.95. The molecule has 1 heterocycles. The minimum Gasteiger partial charge on any atom is -0.487 e. The maximum atomic E-state index is 13.5. The second-order valence-corrected chi connectivity index (χ2v) is 4.39. The van der Waals surface area contributed by atoms with E-state index in [0.717, 1.165) is 5.69 Å². The molecule has 2 aromatic rings. The summed E-state index contributed by atoms with van der Waals surface area (Å²) in [6, 6.07) is 9.75. The van der Waals surface area contributed by atoms with E-state index in [1.807, 2.05) is 12.1 Å². The number of hydrogen-bond donors (Lipinski definition) is 0. The van der Waals surface area contributed by atoms with Crippen LogP contribution in [0.4, 0.5) is 4.39 Å². The van der Waals surface area contributed by atoms with Gasteiger partial charge in [-0.15, -0.1) is 0 Å². The first-order chi connectivity index (χ1) is 9.22. The molecule has 5 heteroatoms. The molecule has 0 saturated heterocycles. The maximum absolute atomic E-state index is 13.5. The Kier molecular flexibility index (Phi) is 4.48. The third-order valence-electron chi connectivity index (χ3n) is 2.50. The first kappa shape index (κ1) is 13.5. The smallest absolute Gasteiger partial charge is 0.138 e. The van der Waals surface area contributed by atoms with Gasteiger partial charge in [-0.2, -0.15) is 5.26 Å². The number of nitriles is 1. The minimum absolute atomic E-state index is 0.0662. The number of benzene rings is 1. The Hall–Kier alpha value is -1.93. The lowest BCUT2D eigenvalue weighted by Crippen LogP contribution is -2.00. The monoisotopic (exact) mass is 320 g/mol. The summed E-state index contributed by atoms with van der Waals surface area (Å²) < 4.78 is 19.0. The lowest BCUT2D eigenvalue weighted by molar-refractivity contribution is 0.298. The van der Waals surface area contributed by atoms with Gasteiger partial charge >= 0.3 is 0 Å². The second kappa shape index (κ2) is 6.30. The van der Waals surface area contributed by atoms with E-state index in [-0.39, 0.29) is 12.4 Å². The molecule has 0 N–H and O–H groups in total. The summed E-state index contributed by atoms with van der Waals surface area (Å²) in [7, 11) is 0. The molecule has 0 bridgehead atoms. The fourth-order valence-corrected chi connectivity index (χ4v) is 1.82. The Morgan fingerprint density at radius 1 is 1.32 bits per heavy atom. The van der Waals surface area contributed by atoms with Crippen molar-refractivity contribution in [2.75, 3.05) is 0 Å². The highest BCUT2D eigenvalue weighted by molar-refractivity contribution is 9.08. The van der Waals surface area contributed by atoms with Gasteiger partial charge in [0, 0.05) is 10.9 Å². The first-order valence-electron chi connectivity index (χ1n) is 5.55. The highest BCUT2D eigenvalue weighted by atomic mass is 79.9. The lowest BCUT2D eigenvalue weighted by Gasteiger charge is -2.07. The van der Waals surface area contributed by atoms with Gasteiger partial charge in [0.1, 0.15) is 18.2 Å². The number of pyridine rings is 1. The predicted octanol–water partition coefficient (Wildman–Crippen LogP) is 3.57. The van der Waals surface area contributed by atoms with Crippen LogP contribution in [0, 0.1) is 17.1 Å². The van der Waals surface area contributed by atoms with E-state index in [4.69, 9.17) is 10.00 Å². The third kappa shape index (κ3) is 3.52. The number of ether oxygens (including phenoxy) is 1. The summed E-state index contributed by atoms with van der Waals surface area (Å²) in [6.07, 6.45) is 1.59. The Morgan fingerprint density at radius 3 is 2.79 bits per heavy atom. The Morgan fingerprint density at radius 2 is 2.16 bits per heavy atom. The standard InChI is InChI=1S/C14H10BrFN2O/c15-6-12-2-3-13(8-18-12)19-9-11-5-10(7-17)1-4-14(11)16/h1-5,8H,6,9H2. The molecule has 0 aliphatic carbocycles. The average molecular weight is 321 g/mol. The summed E-state index contributed by atoms with van der Waals surface area (Å²) in [5.41, 5.74) is 1.65. The van der Waals surface area contributed by atoms with Crippen molar-refractivity contribution in [2.45, 2.75) is 11.9 Å². The molecule has 96 valence electrons. The molecule has 0 fully saturated rings. The van der Waals surface area contributed by atoms with E-state index in [1.54, 1.807) is 12.3 Å². The molecular formula is C14H10BrFN2O. The summed E-state index contributed by atoms with van der Waals surface area (Å²) in [5, 5.41) is 9.44. The molecule has 2 rings (SSSR count). The fraction of sp³-hybridized carbons (Fsp3) is 0.143. The van der Waals surface area contributed by atoms with Crippen molar-refractivity contribution < 1.29 is 9.13 Å². The van der Waals surface area contributed by atoms with Crippen molar-refractivity contribution in [3.63, 3.8) is 0 Å². The summed E-state index contributed by atoms with van der Waals surface area (Å²) >= 11 is 3.30. The number of alkyl halides is 1. The third-order valence-corrected chi connectivity index (χ3v) is 3.08. The van der Waals surface area contributed by atoms with Crippen molar-refractivity contribution in [1.29, 1.82) is 5.26 Å². The molecule has 1 aromatic heterocycles. The van der Waals surface area contributed by atoms with Crippen molar-refractivity contribution >= 4 is 15.9 Å². The van der Waals surface area contributed by atoms with E-state index >= 15 is 0 Å². The molecular weight excluding hydrogens is 311 g/mol. The molecule has 0 spiro atoms. The van der Waals surface area contributed by atoms with Crippen LogP contribution in [0.15, 0.2) is 36.5 Å². The molecule has 1 aromatic carbocycles. The largest absolute Gasteiger partial charge is 0.487 e. The van der Waals surface area contributed by atoms with Gasteiger partial charge in [-0.05, 0) is 30.3 Å². The van der Waals surface area contributed by atoms with Crippen molar-refractivity contribution in [3.8, 4) is 11.8 Å². The van der Waals surface area contributed by atoms with Gasteiger partial charge in [-0.1, -0.05) is 15.9 Å². The van der Waals surface area contributed by atoms with E-state index < -0.39 is 0 Å². The van der Waals surface area contributed by atoms with Gasteiger partial charge < -0.3 is 4.74 Å². The number of halogens is 2. The van der Waals surface area contributed by atoms with Gasteiger partial charge in [0.05, 0.1) is 23.5 Å². The van der Waals surface area contributed by atoms with Crippen LogP contribution in [0.1, 0.15) is 16.8 Å². The van der Waals surface area contributed by atoms with Gasteiger partial charge in [0.25, 0.3) is 0 Å². The fourth-order valence-electron chi connectivity index (χ4n) is 1.49. The van der Waals surface area contributed by atoms with Gasteiger partial charge in [0.15, 0.2) is 0 Å². The van der Waals surface area contributed by atoms with Gasteiger partial charge in [-0.25, -0.2) is 4.39 Å². The number of hydrogen-bond acceptors (Lipinski definition) is 3. The zero-order valence-corrected chi connectivity index (χ0v) is 11.5. The highest BCUT2D eigenvalue weighted by Gasteiger charge is 2.05. The van der Waals surface area contributed by atoms with E-state index in [0.29, 0.717) is 22.2 Å². The van der Waals surface area contributed by atoms with Crippen LogP contribution in [0.2, 0.25) is 0 Å². The van der Waals surface area contributed by atoms with E-state index in [1.165, 1.54) is 18.2 Å².